The first-order valence-electron chi connectivity index (χ1n) is 6.89. The lowest BCUT2D eigenvalue weighted by Crippen LogP contribution is -2.47. The van der Waals surface area contributed by atoms with Crippen LogP contribution >= 0.6 is 23.4 Å². The highest BCUT2D eigenvalue weighted by atomic mass is 35.5. The molecule has 21 heavy (non-hydrogen) atoms. The van der Waals surface area contributed by atoms with Gasteiger partial charge in [-0.05, 0) is 18.2 Å². The van der Waals surface area contributed by atoms with Gasteiger partial charge in [-0.1, -0.05) is 11.6 Å². The molecule has 1 unspecified atom stereocenters. The first kappa shape index (κ1) is 14.7. The van der Waals surface area contributed by atoms with Crippen LogP contribution in [0.5, 0.6) is 0 Å². The van der Waals surface area contributed by atoms with Crippen LogP contribution in [0.15, 0.2) is 23.1 Å². The van der Waals surface area contributed by atoms with Crippen LogP contribution in [0.25, 0.3) is 0 Å². The largest absolute Gasteiger partial charge is 0.340 e. The molecule has 2 heterocycles. The maximum atomic E-state index is 12.3. The van der Waals surface area contributed by atoms with Gasteiger partial charge in [0.1, 0.15) is 0 Å². The molecular formula is C14H16ClN3O2S. The molecule has 2 amide bonds. The van der Waals surface area contributed by atoms with Crippen LogP contribution < -0.4 is 10.6 Å². The molecule has 1 aromatic rings. The van der Waals surface area contributed by atoms with Gasteiger partial charge in [-0.25, -0.2) is 0 Å². The van der Waals surface area contributed by atoms with Crippen molar-refractivity contribution >= 4 is 40.9 Å². The van der Waals surface area contributed by atoms with Gasteiger partial charge in [0.05, 0.1) is 10.9 Å². The molecule has 2 N–H and O–H groups in total. The topological polar surface area (TPSA) is 61.4 Å². The van der Waals surface area contributed by atoms with E-state index in [-0.39, 0.29) is 23.5 Å². The molecule has 3 rings (SSSR count). The molecule has 0 bridgehead atoms. The number of anilines is 1. The average Bonchev–Trinajstić information content (AvgIpc) is 2.49. The molecule has 5 nitrogen and oxygen atoms in total. The number of amides is 2. The van der Waals surface area contributed by atoms with Crippen molar-refractivity contribution in [2.75, 3.05) is 31.5 Å². The lowest BCUT2D eigenvalue weighted by molar-refractivity contribution is -0.133. The van der Waals surface area contributed by atoms with Gasteiger partial charge < -0.3 is 15.5 Å². The lowest BCUT2D eigenvalue weighted by atomic mass is 10.2. The maximum absolute atomic E-state index is 12.3. The predicted octanol–water partition coefficient (Wildman–Crippen LogP) is 1.57. The van der Waals surface area contributed by atoms with E-state index in [0.717, 1.165) is 23.7 Å². The minimum atomic E-state index is -0.374. The van der Waals surface area contributed by atoms with Gasteiger partial charge in [-0.3, -0.25) is 9.59 Å². The lowest BCUT2D eigenvalue weighted by Gasteiger charge is -2.30. The second-order valence-corrected chi connectivity index (χ2v) is 6.75. The van der Waals surface area contributed by atoms with Gasteiger partial charge in [-0.15, -0.1) is 11.8 Å². The molecule has 0 aromatic heterocycles. The van der Waals surface area contributed by atoms with E-state index >= 15 is 0 Å². The minimum Gasteiger partial charge on any atom is -0.340 e. The third-order valence-electron chi connectivity index (χ3n) is 3.59. The molecule has 1 fully saturated rings. The Labute approximate surface area is 132 Å². The zero-order chi connectivity index (χ0) is 14.8. The number of thioether (sulfide) groups is 1. The van der Waals surface area contributed by atoms with Crippen molar-refractivity contribution in [1.29, 1.82) is 0 Å². The molecule has 7 heteroatoms. The van der Waals surface area contributed by atoms with Crippen molar-refractivity contribution in [3.63, 3.8) is 0 Å². The van der Waals surface area contributed by atoms with E-state index < -0.39 is 0 Å². The quantitative estimate of drug-likeness (QED) is 0.866. The number of piperazine rings is 1. The molecular weight excluding hydrogens is 310 g/mol. The van der Waals surface area contributed by atoms with E-state index in [0.29, 0.717) is 18.1 Å². The van der Waals surface area contributed by atoms with Crippen molar-refractivity contribution in [3.05, 3.63) is 23.2 Å². The first-order chi connectivity index (χ1) is 10.1. The van der Waals surface area contributed by atoms with Crippen LogP contribution in [-0.4, -0.2) is 48.1 Å². The molecule has 0 saturated carbocycles. The summed E-state index contributed by atoms with van der Waals surface area (Å²) in [6.45, 7) is 3.06. The van der Waals surface area contributed by atoms with Gasteiger partial charge in [0.15, 0.2) is 0 Å². The Morgan fingerprint density at radius 2 is 2.14 bits per heavy atom. The first-order valence-corrected chi connectivity index (χ1v) is 8.15. The van der Waals surface area contributed by atoms with Crippen LogP contribution in [0.1, 0.15) is 6.42 Å². The van der Waals surface area contributed by atoms with Gasteiger partial charge in [0.2, 0.25) is 11.8 Å². The Bertz CT molecular complexity index is 575. The van der Waals surface area contributed by atoms with E-state index in [2.05, 4.69) is 10.6 Å². The Balaban J connectivity index is 1.67. The van der Waals surface area contributed by atoms with Crippen LogP contribution in [-0.2, 0) is 9.59 Å². The number of carbonyl (C=O) groups excluding carboxylic acids is 2. The van der Waals surface area contributed by atoms with Crippen LogP contribution in [0.4, 0.5) is 5.69 Å². The predicted molar refractivity (Wildman–Crippen MR) is 83.8 cm³/mol. The summed E-state index contributed by atoms with van der Waals surface area (Å²) in [4.78, 5) is 27.2. The summed E-state index contributed by atoms with van der Waals surface area (Å²) in [7, 11) is 0. The number of halogens is 1. The highest BCUT2D eigenvalue weighted by molar-refractivity contribution is 8.01. The number of hydrogen-bond acceptors (Lipinski definition) is 4. The number of nitrogens with zero attached hydrogens (tertiary/aromatic N) is 1. The summed E-state index contributed by atoms with van der Waals surface area (Å²) in [6.07, 6.45) is 0.235. The summed E-state index contributed by atoms with van der Waals surface area (Å²) in [5, 5.41) is 6.26. The van der Waals surface area contributed by atoms with Crippen LogP contribution in [0, 0.1) is 0 Å². The van der Waals surface area contributed by atoms with Crippen molar-refractivity contribution in [2.24, 2.45) is 0 Å². The minimum absolute atomic E-state index is 0.0431. The van der Waals surface area contributed by atoms with Gasteiger partial charge in [-0.2, -0.15) is 0 Å². The van der Waals surface area contributed by atoms with Gasteiger partial charge in [0, 0.05) is 42.5 Å². The van der Waals surface area contributed by atoms with Crippen molar-refractivity contribution < 1.29 is 9.59 Å². The Hall–Kier alpha value is -1.24. The van der Waals surface area contributed by atoms with E-state index in [9.17, 15) is 9.59 Å². The third kappa shape index (κ3) is 3.33. The summed E-state index contributed by atoms with van der Waals surface area (Å²) < 4.78 is 0. The zero-order valence-corrected chi connectivity index (χ0v) is 13.0. The van der Waals surface area contributed by atoms with Gasteiger partial charge in [0.25, 0.3) is 0 Å². The third-order valence-corrected chi connectivity index (χ3v) is 5.10. The Kier molecular flexibility index (Phi) is 4.37. The Morgan fingerprint density at radius 3 is 2.90 bits per heavy atom. The molecule has 1 atom stereocenters. The molecule has 0 spiro atoms. The molecule has 2 aliphatic rings. The Morgan fingerprint density at radius 1 is 1.38 bits per heavy atom. The van der Waals surface area contributed by atoms with Crippen LogP contribution in [0.2, 0.25) is 5.02 Å². The molecule has 0 radical (unpaired) electrons. The van der Waals surface area contributed by atoms with E-state index in [1.165, 1.54) is 11.8 Å². The fourth-order valence-corrected chi connectivity index (χ4v) is 3.71. The average molecular weight is 326 g/mol. The normalized spacial score (nSPS) is 21.7. The molecule has 0 aliphatic carbocycles. The monoisotopic (exact) mass is 325 g/mol. The van der Waals surface area contributed by atoms with Crippen molar-refractivity contribution in [1.82, 2.24) is 10.2 Å². The molecule has 1 saturated heterocycles. The summed E-state index contributed by atoms with van der Waals surface area (Å²) in [5.74, 6) is -0.0835. The van der Waals surface area contributed by atoms with E-state index in [1.807, 2.05) is 11.0 Å². The standard InChI is InChI=1S/C14H16ClN3O2S/c15-9-1-2-11-10(7-9)17-14(20)12(21-11)8-13(19)18-5-3-16-4-6-18/h1-2,7,12,16H,3-6,8H2,(H,17,20). The van der Waals surface area contributed by atoms with E-state index in [4.69, 9.17) is 11.6 Å². The second kappa shape index (κ2) is 6.25. The summed E-state index contributed by atoms with van der Waals surface area (Å²) in [5.41, 5.74) is 0.725. The fraction of sp³-hybridized carbons (Fsp3) is 0.429. The summed E-state index contributed by atoms with van der Waals surface area (Å²) in [6, 6.07) is 5.40. The molecule has 112 valence electrons. The maximum Gasteiger partial charge on any atom is 0.238 e. The number of hydrogen-bond donors (Lipinski definition) is 2. The molecule has 1 aromatic carbocycles. The highest BCUT2D eigenvalue weighted by Gasteiger charge is 2.30. The number of carbonyl (C=O) groups is 2. The SMILES string of the molecule is O=C1Nc2cc(Cl)ccc2SC1CC(=O)N1CCNCC1. The second-order valence-electron chi connectivity index (χ2n) is 5.07. The van der Waals surface area contributed by atoms with E-state index in [1.54, 1.807) is 12.1 Å². The van der Waals surface area contributed by atoms with Crippen molar-refractivity contribution in [3.8, 4) is 0 Å². The zero-order valence-electron chi connectivity index (χ0n) is 11.4. The number of rotatable bonds is 2. The van der Waals surface area contributed by atoms with Crippen molar-refractivity contribution in [2.45, 2.75) is 16.6 Å². The molecule has 2 aliphatic heterocycles. The number of nitrogens with one attached hydrogen (secondary N) is 2. The van der Waals surface area contributed by atoms with Crippen LogP contribution in [0.3, 0.4) is 0 Å². The van der Waals surface area contributed by atoms with Gasteiger partial charge >= 0.3 is 0 Å². The number of benzene rings is 1. The highest BCUT2D eigenvalue weighted by Crippen LogP contribution is 2.38. The summed E-state index contributed by atoms with van der Waals surface area (Å²) >= 11 is 7.35. The fourth-order valence-electron chi connectivity index (χ4n) is 2.46. The smallest absolute Gasteiger partial charge is 0.238 e. The number of fused-ring (bicyclic) bond motifs is 1.